The summed E-state index contributed by atoms with van der Waals surface area (Å²) in [7, 11) is 0. The number of nitrogens with two attached hydrogens (primary N) is 1. The van der Waals surface area contributed by atoms with E-state index in [-0.39, 0.29) is 0 Å². The number of hydrogen-bond acceptors (Lipinski definition) is 2. The predicted molar refractivity (Wildman–Crippen MR) is 67.9 cm³/mol. The van der Waals surface area contributed by atoms with Crippen LogP contribution in [-0.4, -0.2) is 12.0 Å². The highest BCUT2D eigenvalue weighted by atomic mass is 35.5. The molecule has 0 spiro atoms. The third-order valence-corrected chi connectivity index (χ3v) is 2.74. The Morgan fingerprint density at radius 2 is 2.12 bits per heavy atom. The van der Waals surface area contributed by atoms with Gasteiger partial charge < -0.3 is 5.32 Å². The van der Waals surface area contributed by atoms with Crippen LogP contribution in [0, 0.1) is 0 Å². The minimum Gasteiger partial charge on any atom is -0.324 e. The van der Waals surface area contributed by atoms with E-state index in [1.807, 2.05) is 0 Å². The molecule has 1 fully saturated rings. The molecule has 0 saturated heterocycles. The minimum absolute atomic E-state index is 0.372. The summed E-state index contributed by atoms with van der Waals surface area (Å²) in [6.07, 6.45) is 2.21. The number of anilines is 1. The maximum Gasteiger partial charge on any atom is 0.210 e. The van der Waals surface area contributed by atoms with Crippen molar-refractivity contribution in [3.05, 3.63) is 28.2 Å². The molecule has 0 unspecified atom stereocenters. The third-order valence-electron chi connectivity index (χ3n) is 2.18. The molecule has 0 aliphatic heterocycles. The lowest BCUT2D eigenvalue weighted by Crippen LogP contribution is -2.36. The van der Waals surface area contributed by atoms with Crippen molar-refractivity contribution in [1.29, 1.82) is 0 Å². The molecule has 0 amide bonds. The van der Waals surface area contributed by atoms with Crippen molar-refractivity contribution in [3.8, 4) is 0 Å². The van der Waals surface area contributed by atoms with E-state index in [0.717, 1.165) is 12.8 Å². The number of benzene rings is 1. The van der Waals surface area contributed by atoms with Gasteiger partial charge in [0, 0.05) is 5.02 Å². The molecule has 6 heteroatoms. The fraction of sp³-hybridized carbons (Fsp3) is 0.300. The molecule has 2 rings (SSSR count). The zero-order valence-electron chi connectivity index (χ0n) is 8.50. The maximum absolute atomic E-state index is 6.00. The van der Waals surface area contributed by atoms with Gasteiger partial charge in [0.05, 0.1) is 16.8 Å². The van der Waals surface area contributed by atoms with Crippen LogP contribution < -0.4 is 16.6 Å². The molecule has 4 nitrogen and oxygen atoms in total. The van der Waals surface area contributed by atoms with Crippen molar-refractivity contribution in [2.24, 2.45) is 10.8 Å². The topological polar surface area (TPSA) is 62.4 Å². The van der Waals surface area contributed by atoms with Gasteiger partial charge in [0.15, 0.2) is 0 Å². The monoisotopic (exact) mass is 258 g/mol. The molecule has 0 heterocycles. The van der Waals surface area contributed by atoms with Gasteiger partial charge in [-0.15, -0.1) is 0 Å². The third kappa shape index (κ3) is 3.01. The molecule has 0 aromatic heterocycles. The van der Waals surface area contributed by atoms with E-state index in [0.29, 0.717) is 27.7 Å². The van der Waals surface area contributed by atoms with E-state index in [1.54, 1.807) is 18.2 Å². The molecule has 1 aromatic carbocycles. The van der Waals surface area contributed by atoms with Crippen molar-refractivity contribution in [2.75, 3.05) is 5.32 Å². The molecule has 1 saturated carbocycles. The van der Waals surface area contributed by atoms with Crippen LogP contribution in [0.2, 0.25) is 10.0 Å². The van der Waals surface area contributed by atoms with Crippen molar-refractivity contribution in [2.45, 2.75) is 18.9 Å². The second-order valence-electron chi connectivity index (χ2n) is 3.60. The standard InChI is InChI=1S/C10H12Cl2N4/c11-6-1-4-8(12)9(5-6)15-10(16-13)14-7-2-3-7/h1,4-5,7H,2-3,13H2,(H2,14,15,16). The number of nitrogens with zero attached hydrogens (tertiary/aromatic N) is 1. The zero-order chi connectivity index (χ0) is 11.5. The molecule has 1 aromatic rings. The van der Waals surface area contributed by atoms with Gasteiger partial charge in [-0.2, -0.15) is 0 Å². The van der Waals surface area contributed by atoms with Crippen molar-refractivity contribution < 1.29 is 0 Å². The first kappa shape index (κ1) is 11.5. The molecule has 1 aliphatic carbocycles. The van der Waals surface area contributed by atoms with Crippen LogP contribution in [-0.2, 0) is 0 Å². The largest absolute Gasteiger partial charge is 0.324 e. The number of rotatable bonds is 2. The molecule has 86 valence electrons. The SMILES string of the molecule is NNC(=NC1CC1)Nc1cc(Cl)ccc1Cl. The summed E-state index contributed by atoms with van der Waals surface area (Å²) < 4.78 is 0. The summed E-state index contributed by atoms with van der Waals surface area (Å²) in [6, 6.07) is 5.54. The molecule has 16 heavy (non-hydrogen) atoms. The fourth-order valence-electron chi connectivity index (χ4n) is 1.21. The lowest BCUT2D eigenvalue weighted by atomic mass is 10.3. The summed E-state index contributed by atoms with van der Waals surface area (Å²) in [5, 5.41) is 4.19. The van der Waals surface area contributed by atoms with E-state index >= 15 is 0 Å². The van der Waals surface area contributed by atoms with E-state index < -0.39 is 0 Å². The Balaban J connectivity index is 2.14. The maximum atomic E-state index is 6.00. The molecule has 0 radical (unpaired) electrons. The minimum atomic E-state index is 0.372. The van der Waals surface area contributed by atoms with Gasteiger partial charge >= 0.3 is 0 Å². The number of aliphatic imine (C=N–C) groups is 1. The highest BCUT2D eigenvalue weighted by molar-refractivity contribution is 6.35. The Bertz CT molecular complexity index is 415. The highest BCUT2D eigenvalue weighted by Gasteiger charge is 2.21. The van der Waals surface area contributed by atoms with Crippen LogP contribution in [0.5, 0.6) is 0 Å². The van der Waals surface area contributed by atoms with Crippen molar-refractivity contribution in [3.63, 3.8) is 0 Å². The van der Waals surface area contributed by atoms with Gasteiger partial charge in [0.25, 0.3) is 0 Å². The predicted octanol–water partition coefficient (Wildman–Crippen LogP) is 2.39. The van der Waals surface area contributed by atoms with Crippen molar-refractivity contribution in [1.82, 2.24) is 5.43 Å². The Morgan fingerprint density at radius 1 is 1.38 bits per heavy atom. The molecule has 0 atom stereocenters. The van der Waals surface area contributed by atoms with Gasteiger partial charge in [-0.3, -0.25) is 5.43 Å². The smallest absolute Gasteiger partial charge is 0.210 e. The second kappa shape index (κ2) is 4.91. The highest BCUT2D eigenvalue weighted by Crippen LogP contribution is 2.26. The molecule has 4 N–H and O–H groups in total. The average molecular weight is 259 g/mol. The Morgan fingerprint density at radius 3 is 2.75 bits per heavy atom. The van der Waals surface area contributed by atoms with Gasteiger partial charge in [0.2, 0.25) is 5.96 Å². The van der Waals surface area contributed by atoms with E-state index in [2.05, 4.69) is 15.7 Å². The van der Waals surface area contributed by atoms with E-state index in [1.165, 1.54) is 0 Å². The molecular weight excluding hydrogens is 247 g/mol. The normalized spacial score (nSPS) is 16.1. The van der Waals surface area contributed by atoms with Crippen molar-refractivity contribution >= 4 is 34.8 Å². The van der Waals surface area contributed by atoms with Crippen LogP contribution in [0.1, 0.15) is 12.8 Å². The first-order valence-electron chi connectivity index (χ1n) is 4.95. The summed E-state index contributed by atoms with van der Waals surface area (Å²) in [5.41, 5.74) is 3.19. The first-order valence-corrected chi connectivity index (χ1v) is 5.71. The Kier molecular flexibility index (Phi) is 3.53. The van der Waals surface area contributed by atoms with E-state index in [4.69, 9.17) is 29.0 Å². The number of nitrogens with one attached hydrogen (secondary N) is 2. The number of halogens is 2. The van der Waals surface area contributed by atoms with Crippen LogP contribution in [0.4, 0.5) is 5.69 Å². The molecule has 1 aliphatic rings. The summed E-state index contributed by atoms with van der Waals surface area (Å²) in [6.45, 7) is 0. The Labute approximate surface area is 104 Å². The van der Waals surface area contributed by atoms with Crippen LogP contribution in [0.15, 0.2) is 23.2 Å². The average Bonchev–Trinajstić information content (AvgIpc) is 3.06. The fourth-order valence-corrected chi connectivity index (χ4v) is 1.55. The number of hydrogen-bond donors (Lipinski definition) is 3. The molecular formula is C10H12Cl2N4. The summed E-state index contributed by atoms with van der Waals surface area (Å²) >= 11 is 11.9. The van der Waals surface area contributed by atoms with Gasteiger partial charge in [0.1, 0.15) is 0 Å². The first-order chi connectivity index (χ1) is 7.69. The van der Waals surface area contributed by atoms with Crippen LogP contribution in [0.25, 0.3) is 0 Å². The van der Waals surface area contributed by atoms with Crippen LogP contribution >= 0.6 is 23.2 Å². The second-order valence-corrected chi connectivity index (χ2v) is 4.45. The number of guanidine groups is 1. The van der Waals surface area contributed by atoms with E-state index in [9.17, 15) is 0 Å². The lowest BCUT2D eigenvalue weighted by molar-refractivity contribution is 0.966. The number of hydrazine groups is 1. The molecule has 0 bridgehead atoms. The summed E-state index contributed by atoms with van der Waals surface area (Å²) in [4.78, 5) is 4.34. The Hall–Kier alpha value is -0.970. The van der Waals surface area contributed by atoms with Gasteiger partial charge in [-0.05, 0) is 31.0 Å². The lowest BCUT2D eigenvalue weighted by Gasteiger charge is -2.10. The summed E-state index contributed by atoms with van der Waals surface area (Å²) in [5.74, 6) is 5.87. The van der Waals surface area contributed by atoms with Crippen LogP contribution in [0.3, 0.4) is 0 Å². The van der Waals surface area contributed by atoms with Gasteiger partial charge in [-0.1, -0.05) is 23.2 Å². The quantitative estimate of drug-likeness (QED) is 0.331. The van der Waals surface area contributed by atoms with Gasteiger partial charge in [-0.25, -0.2) is 10.8 Å². The zero-order valence-corrected chi connectivity index (χ0v) is 10.0.